The zero-order chi connectivity index (χ0) is 16.8. The Morgan fingerprint density at radius 1 is 1.17 bits per heavy atom. The molecule has 0 aliphatic carbocycles. The highest BCUT2D eigenvalue weighted by Gasteiger charge is 2.05. The number of halogens is 1. The molecule has 1 N–H and O–H groups in total. The summed E-state index contributed by atoms with van der Waals surface area (Å²) in [4.78, 5) is 11.9. The predicted molar refractivity (Wildman–Crippen MR) is 106 cm³/mol. The fourth-order valence-electron chi connectivity index (χ4n) is 2.52. The van der Waals surface area contributed by atoms with Gasteiger partial charge in [0, 0.05) is 22.1 Å². The van der Waals surface area contributed by atoms with Gasteiger partial charge in [0.05, 0.1) is 0 Å². The molecule has 3 aromatic rings. The smallest absolute Gasteiger partial charge is 0.223 e. The first-order valence-electron chi connectivity index (χ1n) is 7.86. The molecule has 0 fully saturated rings. The molecule has 24 heavy (non-hydrogen) atoms. The Balaban J connectivity index is 1.48. The third kappa shape index (κ3) is 4.56. The van der Waals surface area contributed by atoms with Crippen LogP contribution in [0.4, 0.5) is 0 Å². The number of amides is 1. The second-order valence-corrected chi connectivity index (χ2v) is 7.35. The SMILES string of the molecule is O=C(C/C=C/c1ccccc1)NCCc1csc2ccc(Br)cc12. The van der Waals surface area contributed by atoms with Gasteiger partial charge in [0.25, 0.3) is 0 Å². The standard InChI is InChI=1S/C20H18BrNOS/c21-17-9-10-19-18(13-17)16(14-24-19)11-12-22-20(23)8-4-7-15-5-2-1-3-6-15/h1-7,9-10,13-14H,8,11-12H2,(H,22,23)/b7-4+. The molecule has 0 saturated heterocycles. The Hall–Kier alpha value is -1.91. The first-order chi connectivity index (χ1) is 11.7. The molecule has 0 aliphatic heterocycles. The molecule has 0 atom stereocenters. The van der Waals surface area contributed by atoms with E-state index in [9.17, 15) is 4.79 Å². The number of fused-ring (bicyclic) bond motifs is 1. The van der Waals surface area contributed by atoms with E-state index >= 15 is 0 Å². The average molecular weight is 400 g/mol. The Morgan fingerprint density at radius 3 is 2.83 bits per heavy atom. The molecule has 1 aromatic heterocycles. The van der Waals surface area contributed by atoms with Gasteiger partial charge in [-0.05, 0) is 46.5 Å². The molecule has 2 aromatic carbocycles. The van der Waals surface area contributed by atoms with Gasteiger partial charge in [-0.2, -0.15) is 0 Å². The lowest BCUT2D eigenvalue weighted by atomic mass is 10.1. The molecule has 0 unspecified atom stereocenters. The van der Waals surface area contributed by atoms with Crippen molar-refractivity contribution in [1.82, 2.24) is 5.32 Å². The van der Waals surface area contributed by atoms with Crippen LogP contribution >= 0.6 is 27.3 Å². The topological polar surface area (TPSA) is 29.1 Å². The van der Waals surface area contributed by atoms with E-state index in [1.807, 2.05) is 42.5 Å². The highest BCUT2D eigenvalue weighted by molar-refractivity contribution is 9.10. The van der Waals surface area contributed by atoms with E-state index in [-0.39, 0.29) is 5.91 Å². The highest BCUT2D eigenvalue weighted by Crippen LogP contribution is 2.28. The van der Waals surface area contributed by atoms with Crippen molar-refractivity contribution in [3.63, 3.8) is 0 Å². The van der Waals surface area contributed by atoms with Crippen LogP contribution in [0.15, 0.2) is 64.5 Å². The third-order valence-electron chi connectivity index (χ3n) is 3.75. The van der Waals surface area contributed by atoms with Crippen LogP contribution in [0.2, 0.25) is 0 Å². The van der Waals surface area contributed by atoms with Crippen LogP contribution in [0.5, 0.6) is 0 Å². The van der Waals surface area contributed by atoms with Crippen LogP contribution in [-0.2, 0) is 11.2 Å². The molecule has 0 saturated carbocycles. The summed E-state index contributed by atoms with van der Waals surface area (Å²) in [7, 11) is 0. The van der Waals surface area contributed by atoms with Crippen LogP contribution in [0.25, 0.3) is 16.2 Å². The van der Waals surface area contributed by atoms with Crippen LogP contribution in [0.1, 0.15) is 17.5 Å². The van der Waals surface area contributed by atoms with Crippen LogP contribution in [0.3, 0.4) is 0 Å². The molecule has 3 rings (SSSR count). The second kappa shape index (κ2) is 8.27. The summed E-state index contributed by atoms with van der Waals surface area (Å²) in [6, 6.07) is 16.3. The quantitative estimate of drug-likeness (QED) is 0.588. The minimum atomic E-state index is 0.0582. The van der Waals surface area contributed by atoms with Gasteiger partial charge in [0.15, 0.2) is 0 Å². The summed E-state index contributed by atoms with van der Waals surface area (Å²) in [6.07, 6.45) is 5.14. The largest absolute Gasteiger partial charge is 0.356 e. The molecule has 1 amide bonds. The summed E-state index contributed by atoms with van der Waals surface area (Å²) in [6.45, 7) is 0.663. The summed E-state index contributed by atoms with van der Waals surface area (Å²) in [5.74, 6) is 0.0582. The maximum atomic E-state index is 11.9. The van der Waals surface area contributed by atoms with E-state index in [0.717, 1.165) is 16.5 Å². The molecular formula is C20H18BrNOS. The minimum absolute atomic E-state index is 0.0582. The lowest BCUT2D eigenvalue weighted by molar-refractivity contribution is -0.120. The van der Waals surface area contributed by atoms with Crippen LogP contribution < -0.4 is 5.32 Å². The number of nitrogens with one attached hydrogen (secondary N) is 1. The highest BCUT2D eigenvalue weighted by atomic mass is 79.9. The van der Waals surface area contributed by atoms with Crippen molar-refractivity contribution >= 4 is 49.3 Å². The molecule has 2 nitrogen and oxygen atoms in total. The molecule has 0 radical (unpaired) electrons. The van der Waals surface area contributed by atoms with Crippen molar-refractivity contribution in [1.29, 1.82) is 0 Å². The first kappa shape index (κ1) is 16.9. The maximum absolute atomic E-state index is 11.9. The fraction of sp³-hybridized carbons (Fsp3) is 0.150. The van der Waals surface area contributed by atoms with E-state index < -0.39 is 0 Å². The zero-order valence-electron chi connectivity index (χ0n) is 13.2. The molecule has 0 aliphatic rings. The molecule has 0 spiro atoms. The van der Waals surface area contributed by atoms with E-state index in [4.69, 9.17) is 0 Å². The van der Waals surface area contributed by atoms with Crippen molar-refractivity contribution in [2.45, 2.75) is 12.8 Å². The Labute approximate surface area is 154 Å². The van der Waals surface area contributed by atoms with Gasteiger partial charge in [-0.15, -0.1) is 11.3 Å². The third-order valence-corrected chi connectivity index (χ3v) is 5.25. The number of thiophene rings is 1. The van der Waals surface area contributed by atoms with Crippen molar-refractivity contribution in [2.75, 3.05) is 6.54 Å². The molecule has 1 heterocycles. The fourth-order valence-corrected chi connectivity index (χ4v) is 3.86. The van der Waals surface area contributed by atoms with E-state index in [1.54, 1.807) is 11.3 Å². The lowest BCUT2D eigenvalue weighted by Crippen LogP contribution is -2.24. The van der Waals surface area contributed by atoms with Gasteiger partial charge in [-0.1, -0.05) is 58.4 Å². The maximum Gasteiger partial charge on any atom is 0.223 e. The lowest BCUT2D eigenvalue weighted by Gasteiger charge is -2.03. The van der Waals surface area contributed by atoms with E-state index in [0.29, 0.717) is 13.0 Å². The Morgan fingerprint density at radius 2 is 2.00 bits per heavy atom. The van der Waals surface area contributed by atoms with Crippen LogP contribution in [-0.4, -0.2) is 12.5 Å². The van der Waals surface area contributed by atoms with Gasteiger partial charge in [-0.25, -0.2) is 0 Å². The van der Waals surface area contributed by atoms with E-state index in [1.165, 1.54) is 15.6 Å². The van der Waals surface area contributed by atoms with E-state index in [2.05, 4.69) is 44.8 Å². The second-order valence-electron chi connectivity index (χ2n) is 5.52. The summed E-state index contributed by atoms with van der Waals surface area (Å²) in [5.41, 5.74) is 2.40. The van der Waals surface area contributed by atoms with Gasteiger partial charge in [0.2, 0.25) is 5.91 Å². The zero-order valence-corrected chi connectivity index (χ0v) is 15.6. The molecular weight excluding hydrogens is 382 g/mol. The molecule has 4 heteroatoms. The number of hydrogen-bond acceptors (Lipinski definition) is 2. The van der Waals surface area contributed by atoms with Gasteiger partial charge in [0.1, 0.15) is 0 Å². The van der Waals surface area contributed by atoms with Gasteiger partial charge < -0.3 is 5.32 Å². The Kier molecular flexibility index (Phi) is 5.83. The predicted octanol–water partition coefficient (Wildman–Crippen LogP) is 5.43. The molecule has 122 valence electrons. The van der Waals surface area contributed by atoms with Gasteiger partial charge in [-0.3, -0.25) is 4.79 Å². The average Bonchev–Trinajstić information content (AvgIpc) is 2.98. The number of benzene rings is 2. The number of hydrogen-bond donors (Lipinski definition) is 1. The van der Waals surface area contributed by atoms with Crippen LogP contribution in [0, 0.1) is 0 Å². The monoisotopic (exact) mass is 399 g/mol. The van der Waals surface area contributed by atoms with Crippen molar-refractivity contribution in [3.05, 3.63) is 75.6 Å². The first-order valence-corrected chi connectivity index (χ1v) is 9.53. The molecule has 0 bridgehead atoms. The normalized spacial score (nSPS) is 11.2. The number of carbonyl (C=O) groups excluding carboxylic acids is 1. The van der Waals surface area contributed by atoms with Crippen molar-refractivity contribution in [2.24, 2.45) is 0 Å². The number of rotatable bonds is 6. The Bertz CT molecular complexity index is 854. The minimum Gasteiger partial charge on any atom is -0.356 e. The van der Waals surface area contributed by atoms with Gasteiger partial charge >= 0.3 is 0 Å². The van der Waals surface area contributed by atoms with Crippen molar-refractivity contribution in [3.8, 4) is 0 Å². The number of carbonyl (C=O) groups is 1. The summed E-state index contributed by atoms with van der Waals surface area (Å²) in [5, 5.41) is 6.44. The summed E-state index contributed by atoms with van der Waals surface area (Å²) >= 11 is 5.27. The van der Waals surface area contributed by atoms with Crippen molar-refractivity contribution < 1.29 is 4.79 Å². The summed E-state index contributed by atoms with van der Waals surface area (Å²) < 4.78 is 2.37.